The molecule has 0 saturated heterocycles. The molecule has 2 nitrogen and oxygen atoms in total. The summed E-state index contributed by atoms with van der Waals surface area (Å²) in [5, 5.41) is 3.83. The van der Waals surface area contributed by atoms with E-state index in [2.05, 4.69) is 17.2 Å². The molecule has 0 bridgehead atoms. The molecule has 100 valence electrons. The summed E-state index contributed by atoms with van der Waals surface area (Å²) in [4.78, 5) is 11.8. The summed E-state index contributed by atoms with van der Waals surface area (Å²) in [7, 11) is 0. The monoisotopic (exact) mass is 303 g/mol. The van der Waals surface area contributed by atoms with Crippen LogP contribution >= 0.6 is 23.2 Å². The quantitative estimate of drug-likeness (QED) is 0.841. The molecule has 4 heteroatoms. The van der Waals surface area contributed by atoms with Crippen molar-refractivity contribution in [2.24, 2.45) is 0 Å². The first kappa shape index (κ1) is 14.5. The molecular formula is C16H11Cl2NO. The van der Waals surface area contributed by atoms with Crippen LogP contribution in [0.3, 0.4) is 0 Å². The van der Waals surface area contributed by atoms with Crippen LogP contribution in [-0.4, -0.2) is 12.5 Å². The molecule has 0 fully saturated rings. The summed E-state index contributed by atoms with van der Waals surface area (Å²) in [5.74, 6) is 5.56. The van der Waals surface area contributed by atoms with Gasteiger partial charge in [0.1, 0.15) is 0 Å². The van der Waals surface area contributed by atoms with Gasteiger partial charge in [0, 0.05) is 16.1 Å². The maximum Gasteiger partial charge on any atom is 0.252 e. The van der Waals surface area contributed by atoms with E-state index in [0.29, 0.717) is 15.6 Å². The number of nitrogens with one attached hydrogen (secondary N) is 1. The zero-order valence-electron chi connectivity index (χ0n) is 10.5. The van der Waals surface area contributed by atoms with E-state index in [0.717, 1.165) is 5.56 Å². The summed E-state index contributed by atoms with van der Waals surface area (Å²) in [6, 6.07) is 14.1. The second-order valence-electron chi connectivity index (χ2n) is 3.97. The average Bonchev–Trinajstić information content (AvgIpc) is 2.45. The van der Waals surface area contributed by atoms with Crippen LogP contribution in [0.1, 0.15) is 15.9 Å². The third kappa shape index (κ3) is 4.03. The maximum atomic E-state index is 11.8. The summed E-state index contributed by atoms with van der Waals surface area (Å²) in [6.45, 7) is 0.247. The molecule has 0 aromatic heterocycles. The number of rotatable bonds is 2. The highest BCUT2D eigenvalue weighted by molar-refractivity contribution is 6.31. The Balaban J connectivity index is 1.94. The number of hydrogen-bond donors (Lipinski definition) is 1. The van der Waals surface area contributed by atoms with E-state index in [-0.39, 0.29) is 12.5 Å². The molecule has 0 aliphatic carbocycles. The first-order chi connectivity index (χ1) is 9.66. The Kier molecular flexibility index (Phi) is 5.06. The standard InChI is InChI=1S/C16H11Cl2NO/c17-14-8-3-6-13(11-14)16(20)19-10-4-7-12-5-1-2-9-15(12)18/h1-3,5-6,8-9,11H,10H2,(H,19,20). The van der Waals surface area contributed by atoms with Gasteiger partial charge in [-0.3, -0.25) is 4.79 Å². The van der Waals surface area contributed by atoms with Gasteiger partial charge in [0.15, 0.2) is 0 Å². The fourth-order valence-electron chi connectivity index (χ4n) is 1.56. The minimum Gasteiger partial charge on any atom is -0.341 e. The van der Waals surface area contributed by atoms with Crippen molar-refractivity contribution in [2.45, 2.75) is 0 Å². The predicted molar refractivity (Wildman–Crippen MR) is 82.1 cm³/mol. The van der Waals surface area contributed by atoms with Gasteiger partial charge in [-0.05, 0) is 30.3 Å². The lowest BCUT2D eigenvalue weighted by atomic mass is 10.2. The number of amides is 1. The Bertz CT molecular complexity index is 686. The molecule has 0 heterocycles. The highest BCUT2D eigenvalue weighted by Crippen LogP contribution is 2.13. The molecular weight excluding hydrogens is 293 g/mol. The molecule has 1 N–H and O–H groups in total. The van der Waals surface area contributed by atoms with Gasteiger partial charge in [0.05, 0.1) is 11.6 Å². The zero-order chi connectivity index (χ0) is 14.4. The summed E-state index contributed by atoms with van der Waals surface area (Å²) in [5.41, 5.74) is 1.25. The van der Waals surface area contributed by atoms with E-state index in [1.165, 1.54) is 0 Å². The normalized spacial score (nSPS) is 9.50. The Morgan fingerprint density at radius 2 is 1.90 bits per heavy atom. The van der Waals surface area contributed by atoms with Crippen LogP contribution in [0, 0.1) is 11.8 Å². The molecule has 20 heavy (non-hydrogen) atoms. The van der Waals surface area contributed by atoms with Crippen LogP contribution in [0.2, 0.25) is 10.0 Å². The molecule has 0 spiro atoms. The van der Waals surface area contributed by atoms with Gasteiger partial charge in [-0.2, -0.15) is 0 Å². The second kappa shape index (κ2) is 7.00. The molecule has 0 atom stereocenters. The average molecular weight is 304 g/mol. The summed E-state index contributed by atoms with van der Waals surface area (Å²) >= 11 is 11.8. The van der Waals surface area contributed by atoms with Crippen molar-refractivity contribution in [1.82, 2.24) is 5.32 Å². The Hall–Kier alpha value is -1.95. The van der Waals surface area contributed by atoms with Crippen LogP contribution in [0.5, 0.6) is 0 Å². The first-order valence-corrected chi connectivity index (χ1v) is 6.69. The fourth-order valence-corrected chi connectivity index (χ4v) is 1.93. The van der Waals surface area contributed by atoms with Crippen LogP contribution in [0.15, 0.2) is 48.5 Å². The lowest BCUT2D eigenvalue weighted by Gasteiger charge is -2.01. The molecule has 0 radical (unpaired) electrons. The van der Waals surface area contributed by atoms with Crippen molar-refractivity contribution < 1.29 is 4.79 Å². The van der Waals surface area contributed by atoms with Crippen LogP contribution < -0.4 is 5.32 Å². The lowest BCUT2D eigenvalue weighted by molar-refractivity contribution is 0.0958. The SMILES string of the molecule is O=C(NCC#Cc1ccccc1Cl)c1cccc(Cl)c1. The number of carbonyl (C=O) groups is 1. The molecule has 0 aliphatic heterocycles. The van der Waals surface area contributed by atoms with E-state index in [1.54, 1.807) is 30.3 Å². The van der Waals surface area contributed by atoms with Crippen molar-refractivity contribution in [3.05, 3.63) is 69.7 Å². The number of hydrogen-bond acceptors (Lipinski definition) is 1. The zero-order valence-corrected chi connectivity index (χ0v) is 12.0. The third-order valence-electron chi connectivity index (χ3n) is 2.52. The van der Waals surface area contributed by atoms with Gasteiger partial charge >= 0.3 is 0 Å². The van der Waals surface area contributed by atoms with E-state index in [1.807, 2.05) is 18.2 Å². The Labute approximate surface area is 127 Å². The molecule has 2 aromatic carbocycles. The van der Waals surface area contributed by atoms with E-state index in [4.69, 9.17) is 23.2 Å². The molecule has 2 aromatic rings. The Morgan fingerprint density at radius 1 is 1.10 bits per heavy atom. The van der Waals surface area contributed by atoms with Crippen molar-refractivity contribution in [3.8, 4) is 11.8 Å². The highest BCUT2D eigenvalue weighted by Gasteiger charge is 2.03. The van der Waals surface area contributed by atoms with E-state index >= 15 is 0 Å². The van der Waals surface area contributed by atoms with Crippen LogP contribution in [-0.2, 0) is 0 Å². The van der Waals surface area contributed by atoms with Gasteiger partial charge in [0.25, 0.3) is 5.91 Å². The van der Waals surface area contributed by atoms with Gasteiger partial charge in [-0.15, -0.1) is 0 Å². The van der Waals surface area contributed by atoms with E-state index < -0.39 is 0 Å². The smallest absolute Gasteiger partial charge is 0.252 e. The molecule has 0 saturated carbocycles. The Morgan fingerprint density at radius 3 is 2.65 bits per heavy atom. The predicted octanol–water partition coefficient (Wildman–Crippen LogP) is 3.77. The molecule has 2 rings (SSSR count). The lowest BCUT2D eigenvalue weighted by Crippen LogP contribution is -2.23. The summed E-state index contributed by atoms with van der Waals surface area (Å²) < 4.78 is 0. The molecule has 0 aliphatic rings. The van der Waals surface area contributed by atoms with Crippen molar-refractivity contribution in [1.29, 1.82) is 0 Å². The number of carbonyl (C=O) groups excluding carboxylic acids is 1. The maximum absolute atomic E-state index is 11.8. The minimum absolute atomic E-state index is 0.207. The van der Waals surface area contributed by atoms with Gasteiger partial charge in [-0.1, -0.05) is 53.2 Å². The molecule has 1 amide bonds. The largest absolute Gasteiger partial charge is 0.341 e. The van der Waals surface area contributed by atoms with Gasteiger partial charge < -0.3 is 5.32 Å². The second-order valence-corrected chi connectivity index (χ2v) is 4.82. The summed E-state index contributed by atoms with van der Waals surface area (Å²) in [6.07, 6.45) is 0. The van der Waals surface area contributed by atoms with Crippen LogP contribution in [0.25, 0.3) is 0 Å². The van der Waals surface area contributed by atoms with Gasteiger partial charge in [-0.25, -0.2) is 0 Å². The topological polar surface area (TPSA) is 29.1 Å². The highest BCUT2D eigenvalue weighted by atomic mass is 35.5. The van der Waals surface area contributed by atoms with Crippen LogP contribution in [0.4, 0.5) is 0 Å². The first-order valence-electron chi connectivity index (χ1n) is 5.94. The molecule has 0 unspecified atom stereocenters. The van der Waals surface area contributed by atoms with Crippen molar-refractivity contribution in [3.63, 3.8) is 0 Å². The fraction of sp³-hybridized carbons (Fsp3) is 0.0625. The van der Waals surface area contributed by atoms with Crippen molar-refractivity contribution >= 4 is 29.1 Å². The third-order valence-corrected chi connectivity index (χ3v) is 3.09. The minimum atomic E-state index is -0.207. The van der Waals surface area contributed by atoms with Crippen molar-refractivity contribution in [2.75, 3.05) is 6.54 Å². The van der Waals surface area contributed by atoms with Gasteiger partial charge in [0.2, 0.25) is 0 Å². The number of halogens is 2. The van der Waals surface area contributed by atoms with E-state index in [9.17, 15) is 4.79 Å². The number of benzene rings is 2.